The second kappa shape index (κ2) is 5.56. The van der Waals surface area contributed by atoms with E-state index in [2.05, 4.69) is 16.7 Å². The van der Waals surface area contributed by atoms with Crippen LogP contribution in [0.25, 0.3) is 0 Å². The monoisotopic (exact) mass is 256 g/mol. The molecule has 0 bridgehead atoms. The van der Waals surface area contributed by atoms with Crippen molar-refractivity contribution in [2.75, 3.05) is 0 Å². The fraction of sp³-hybridized carbons (Fsp3) is 0.250. The lowest BCUT2D eigenvalue weighted by atomic mass is 10.2. The number of hydrogen-bond acceptors (Lipinski definition) is 2. The predicted molar refractivity (Wildman–Crippen MR) is 58.3 cm³/mol. The van der Waals surface area contributed by atoms with Gasteiger partial charge in [0.15, 0.2) is 0 Å². The Morgan fingerprint density at radius 2 is 1.71 bits per heavy atom. The zero-order chi connectivity index (χ0) is 11.4. The molecule has 80 valence electrons. The van der Waals surface area contributed by atoms with Gasteiger partial charge in [0.2, 0.25) is 0 Å². The van der Waals surface area contributed by atoms with Gasteiger partial charge >= 0.3 is 9.33 Å². The molecule has 0 radical (unpaired) electrons. The molecule has 0 saturated carbocycles. The first-order valence-electron chi connectivity index (χ1n) is 3.60. The predicted octanol–water partition coefficient (Wildman–Crippen LogP) is 2.98. The summed E-state index contributed by atoms with van der Waals surface area (Å²) in [5.41, 5.74) is 2.35. The zero-order valence-electron chi connectivity index (χ0n) is 7.66. The summed E-state index contributed by atoms with van der Waals surface area (Å²) in [6.45, 7) is 4.03. The minimum Gasteiger partial charge on any atom is -0.273 e. The largest absolute Gasteiger partial charge is 0.353 e. The molecule has 0 aliphatic carbocycles. The molecule has 1 aromatic rings. The van der Waals surface area contributed by atoms with E-state index in [9.17, 15) is 0 Å². The third-order valence-electron chi connectivity index (χ3n) is 1.33. The lowest BCUT2D eigenvalue weighted by Crippen LogP contribution is -1.77. The summed E-state index contributed by atoms with van der Waals surface area (Å²) in [4.78, 5) is 0. The summed E-state index contributed by atoms with van der Waals surface area (Å²) in [5.74, 6) is 0. The highest BCUT2D eigenvalue weighted by Gasteiger charge is 1.91. The molecular weight excluding hydrogens is 247 g/mol. The number of halogens is 2. The van der Waals surface area contributed by atoms with E-state index in [1.165, 1.54) is 5.56 Å². The van der Waals surface area contributed by atoms with Crippen LogP contribution in [-0.4, -0.2) is 13.0 Å². The van der Waals surface area contributed by atoms with Crippen molar-refractivity contribution in [3.8, 4) is 0 Å². The van der Waals surface area contributed by atoms with E-state index in [0.29, 0.717) is 0 Å². The molecule has 14 heavy (non-hydrogen) atoms. The normalized spacial score (nSPS) is 10.4. The number of aryl methyl sites for hydroxylation is 2. The maximum atomic E-state index is 8.95. The van der Waals surface area contributed by atoms with Crippen LogP contribution >= 0.6 is 22.3 Å². The molecule has 6 heteroatoms. The van der Waals surface area contributed by atoms with Crippen LogP contribution in [0.2, 0.25) is 5.02 Å². The summed E-state index contributed by atoms with van der Waals surface area (Å²) < 4.78 is 25.2. The van der Waals surface area contributed by atoms with E-state index in [0.717, 1.165) is 10.6 Å². The van der Waals surface area contributed by atoms with Crippen LogP contribution in [0.15, 0.2) is 18.2 Å². The lowest BCUT2D eigenvalue weighted by Gasteiger charge is -1.96. The van der Waals surface area contributed by atoms with Gasteiger partial charge in [0.05, 0.1) is 0 Å². The Morgan fingerprint density at radius 1 is 1.29 bits per heavy atom. The topological polar surface area (TPSA) is 54.4 Å². The van der Waals surface area contributed by atoms with Gasteiger partial charge in [-0.25, -0.2) is 0 Å². The molecule has 0 saturated heterocycles. The van der Waals surface area contributed by atoms with E-state index in [1.807, 2.05) is 26.0 Å². The molecule has 3 nitrogen and oxygen atoms in total. The van der Waals surface area contributed by atoms with Crippen molar-refractivity contribution in [3.05, 3.63) is 34.3 Å². The Kier molecular flexibility index (Phi) is 5.44. The Balaban J connectivity index is 0.000000292. The first kappa shape index (κ1) is 13.7. The molecule has 0 atom stereocenters. The molecule has 0 amide bonds. The average Bonchev–Trinajstić information content (AvgIpc) is 1.94. The van der Waals surface area contributed by atoms with Gasteiger partial charge in [-0.15, -0.1) is 0 Å². The smallest absolute Gasteiger partial charge is 0.273 e. The second-order valence-corrected chi connectivity index (χ2v) is 5.07. The Hall–Kier alpha value is -0.290. The summed E-state index contributed by atoms with van der Waals surface area (Å²) in [5, 5.41) is 0.856. The number of rotatable bonds is 0. The van der Waals surface area contributed by atoms with Crippen molar-refractivity contribution >= 4 is 31.6 Å². The Bertz CT molecular complexity index is 393. The molecule has 1 N–H and O–H groups in total. The first-order chi connectivity index (χ1) is 6.20. The van der Waals surface area contributed by atoms with Crippen molar-refractivity contribution in [1.29, 1.82) is 0 Å². The standard InChI is InChI=1S/C8H9Cl.ClHO3S/c1-6-3-4-7(2)8(9)5-6;1-5(2,3)4/h3-5H,1-2H3;(H,2,3,4). The van der Waals surface area contributed by atoms with Crippen LogP contribution < -0.4 is 0 Å². The van der Waals surface area contributed by atoms with Crippen LogP contribution in [0.3, 0.4) is 0 Å². The summed E-state index contributed by atoms with van der Waals surface area (Å²) in [6, 6.07) is 6.05. The molecule has 1 aromatic carbocycles. The van der Waals surface area contributed by atoms with E-state index in [1.54, 1.807) is 0 Å². The molecule has 0 unspecified atom stereocenters. The molecule has 0 aromatic heterocycles. The third kappa shape index (κ3) is 8.31. The van der Waals surface area contributed by atoms with Gasteiger partial charge in [0, 0.05) is 15.7 Å². The Labute approximate surface area is 92.9 Å². The van der Waals surface area contributed by atoms with Crippen LogP contribution in [0.5, 0.6) is 0 Å². The van der Waals surface area contributed by atoms with Gasteiger partial charge in [-0.3, -0.25) is 4.55 Å². The van der Waals surface area contributed by atoms with Crippen LogP contribution in [0.4, 0.5) is 0 Å². The van der Waals surface area contributed by atoms with Gasteiger partial charge < -0.3 is 0 Å². The van der Waals surface area contributed by atoms with Crippen molar-refractivity contribution in [2.24, 2.45) is 0 Å². The van der Waals surface area contributed by atoms with Crippen molar-refractivity contribution in [2.45, 2.75) is 13.8 Å². The highest BCUT2D eigenvalue weighted by molar-refractivity contribution is 8.09. The number of hydrogen-bond donors (Lipinski definition) is 1. The molecule has 0 fully saturated rings. The quantitative estimate of drug-likeness (QED) is 0.574. The Morgan fingerprint density at radius 3 is 2.00 bits per heavy atom. The van der Waals surface area contributed by atoms with Gasteiger partial charge in [0.1, 0.15) is 0 Å². The third-order valence-corrected chi connectivity index (χ3v) is 1.73. The SMILES string of the molecule is Cc1ccc(C)c(Cl)c1.O=S(=O)(O)Cl. The van der Waals surface area contributed by atoms with Gasteiger partial charge in [-0.1, -0.05) is 23.7 Å². The lowest BCUT2D eigenvalue weighted by molar-refractivity contribution is 0.501. The average molecular weight is 257 g/mol. The minimum atomic E-state index is -4.19. The van der Waals surface area contributed by atoms with Gasteiger partial charge in [-0.2, -0.15) is 8.42 Å². The first-order valence-corrected chi connectivity index (χ1v) is 6.24. The molecule has 0 spiro atoms. The fourth-order valence-electron chi connectivity index (χ4n) is 0.698. The van der Waals surface area contributed by atoms with Crippen molar-refractivity contribution < 1.29 is 13.0 Å². The molecule has 0 aliphatic heterocycles. The van der Waals surface area contributed by atoms with Crippen LogP contribution in [0, 0.1) is 13.8 Å². The molecule has 1 rings (SSSR count). The molecule has 0 heterocycles. The highest BCUT2D eigenvalue weighted by Crippen LogP contribution is 2.15. The fourth-order valence-corrected chi connectivity index (χ4v) is 0.933. The highest BCUT2D eigenvalue weighted by atomic mass is 35.7. The van der Waals surface area contributed by atoms with E-state index in [4.69, 9.17) is 24.6 Å². The van der Waals surface area contributed by atoms with E-state index < -0.39 is 9.33 Å². The maximum Gasteiger partial charge on any atom is 0.353 e. The van der Waals surface area contributed by atoms with Crippen molar-refractivity contribution in [3.63, 3.8) is 0 Å². The van der Waals surface area contributed by atoms with Crippen LogP contribution in [-0.2, 0) is 9.33 Å². The van der Waals surface area contributed by atoms with Crippen LogP contribution in [0.1, 0.15) is 11.1 Å². The number of benzene rings is 1. The zero-order valence-corrected chi connectivity index (χ0v) is 9.99. The minimum absolute atomic E-state index is 0.856. The van der Waals surface area contributed by atoms with Gasteiger partial charge in [-0.05, 0) is 31.0 Å². The summed E-state index contributed by atoms with van der Waals surface area (Å²) >= 11 is 5.81. The maximum absolute atomic E-state index is 8.95. The van der Waals surface area contributed by atoms with Gasteiger partial charge in [0.25, 0.3) is 0 Å². The summed E-state index contributed by atoms with van der Waals surface area (Å²) in [7, 11) is -0.137. The van der Waals surface area contributed by atoms with E-state index in [-0.39, 0.29) is 0 Å². The molecule has 0 aliphatic rings. The van der Waals surface area contributed by atoms with Crippen molar-refractivity contribution in [1.82, 2.24) is 0 Å². The van der Waals surface area contributed by atoms with E-state index >= 15 is 0 Å². The molecular formula is C8H10Cl2O3S. The second-order valence-electron chi connectivity index (χ2n) is 2.66. The summed E-state index contributed by atoms with van der Waals surface area (Å²) in [6.07, 6.45) is 0.